The topological polar surface area (TPSA) is 23.8 Å². The monoisotopic (exact) mass is 431 g/mol. The molecule has 0 saturated heterocycles. The molecule has 0 bridgehead atoms. The summed E-state index contributed by atoms with van der Waals surface area (Å²) >= 11 is -2.23. The fourth-order valence-corrected chi connectivity index (χ4v) is 21.3. The molecule has 0 heterocycles. The van der Waals surface area contributed by atoms with Crippen LogP contribution in [0.25, 0.3) is 0 Å². The first-order chi connectivity index (χ1) is 8.24. The molecule has 0 aliphatic heterocycles. The molecular weight excluding hydrogens is 401 g/mol. The summed E-state index contributed by atoms with van der Waals surface area (Å²) < 4.78 is 6.85. The van der Waals surface area contributed by atoms with Crippen LogP contribution in [0, 0.1) is 11.3 Å². The van der Waals surface area contributed by atoms with E-state index in [0.717, 1.165) is 0 Å². The molecule has 0 radical (unpaired) electrons. The molecule has 0 amide bonds. The zero-order valence-electron chi connectivity index (χ0n) is 12.0. The maximum atomic E-state index is 8.80. The molecule has 17 heavy (non-hydrogen) atoms. The maximum absolute atomic E-state index is 8.80. The number of allylic oxidation sites excluding steroid dienone is 1. The van der Waals surface area contributed by atoms with E-state index in [9.17, 15) is 0 Å². The van der Waals surface area contributed by atoms with Crippen LogP contribution < -0.4 is 0 Å². The fraction of sp³-hybridized carbons (Fsp3) is 0.800. The molecule has 0 spiro atoms. The van der Waals surface area contributed by atoms with Crippen molar-refractivity contribution in [3.63, 3.8) is 0 Å². The summed E-state index contributed by atoms with van der Waals surface area (Å²) in [5, 5.41) is 8.80. The van der Waals surface area contributed by atoms with Crippen molar-refractivity contribution in [1.82, 2.24) is 0 Å². The summed E-state index contributed by atoms with van der Waals surface area (Å²) in [6.07, 6.45) is 9.87. The first-order valence-electron chi connectivity index (χ1n) is 7.32. The fourth-order valence-electron chi connectivity index (χ4n) is 2.43. The molecule has 0 aromatic carbocycles. The molecule has 1 nitrogen and oxygen atoms in total. The molecule has 0 atom stereocenters. The summed E-state index contributed by atoms with van der Waals surface area (Å²) in [6.45, 7) is 6.85. The van der Waals surface area contributed by atoms with Gasteiger partial charge in [0.2, 0.25) is 0 Å². The predicted molar refractivity (Wildman–Crippen MR) is 79.7 cm³/mol. The van der Waals surface area contributed by atoms with Gasteiger partial charge in [-0.1, -0.05) is 0 Å². The molecular formula is C15H29NPb. The number of nitriles is 1. The number of rotatable bonds is 10. The summed E-state index contributed by atoms with van der Waals surface area (Å²) in [4.78, 5) is 0. The summed E-state index contributed by atoms with van der Waals surface area (Å²) in [5.41, 5.74) is 0. The Morgan fingerprint density at radius 3 is 1.59 bits per heavy atom. The third-order valence-electron chi connectivity index (χ3n) is 3.60. The second-order valence-corrected chi connectivity index (χ2v) is 22.9. The first-order valence-corrected chi connectivity index (χ1v) is 17.8. The summed E-state index contributed by atoms with van der Waals surface area (Å²) in [5.74, 6) is 0. The van der Waals surface area contributed by atoms with E-state index >= 15 is 0 Å². The average Bonchev–Trinajstić information content (AvgIpc) is 2.37. The Bertz CT molecular complexity index is 218. The van der Waals surface area contributed by atoms with Crippen molar-refractivity contribution < 1.29 is 0 Å². The SMILES string of the molecule is CCC[CH2][Pb](/[CH]=C\C#N)([CH2]CCC)[CH2]CCC. The first kappa shape index (κ1) is 17.2. The van der Waals surface area contributed by atoms with Gasteiger partial charge in [0, 0.05) is 0 Å². The molecule has 0 rings (SSSR count). The Kier molecular flexibility index (Phi) is 11.4. The summed E-state index contributed by atoms with van der Waals surface area (Å²) in [7, 11) is 0. The third-order valence-corrected chi connectivity index (χ3v) is 22.7. The van der Waals surface area contributed by atoms with Gasteiger partial charge in [-0.3, -0.25) is 0 Å². The van der Waals surface area contributed by atoms with Crippen molar-refractivity contribution >= 4 is 21.2 Å². The molecule has 0 aromatic rings. The number of hydrogen-bond acceptors (Lipinski definition) is 1. The standard InChI is InChI=1S/3C4H9.C3H2N.Pb/c3*1-3-4-2;1-2-3-4;/h3*1,3-4H2,2H3;1-2H;. The van der Waals surface area contributed by atoms with E-state index in [2.05, 4.69) is 30.5 Å². The number of unbranched alkanes of at least 4 members (excludes halogenated alkanes) is 3. The van der Waals surface area contributed by atoms with Crippen molar-refractivity contribution in [1.29, 1.82) is 5.26 Å². The molecule has 0 aromatic heterocycles. The van der Waals surface area contributed by atoms with E-state index in [0.29, 0.717) is 0 Å². The van der Waals surface area contributed by atoms with E-state index in [1.807, 2.05) is 6.08 Å². The van der Waals surface area contributed by atoms with Crippen LogP contribution in [-0.4, -0.2) is 21.2 Å². The van der Waals surface area contributed by atoms with Gasteiger partial charge in [-0.25, -0.2) is 0 Å². The van der Waals surface area contributed by atoms with Crippen molar-refractivity contribution in [3.8, 4) is 6.07 Å². The molecule has 0 aliphatic rings. The van der Waals surface area contributed by atoms with Crippen LogP contribution in [0.1, 0.15) is 59.3 Å². The van der Waals surface area contributed by atoms with Crippen LogP contribution in [0.5, 0.6) is 0 Å². The third kappa shape index (κ3) is 7.97. The van der Waals surface area contributed by atoms with Gasteiger partial charge >= 0.3 is 113 Å². The van der Waals surface area contributed by atoms with E-state index in [4.69, 9.17) is 5.26 Å². The molecule has 0 saturated carbocycles. The molecule has 2 heteroatoms. The van der Waals surface area contributed by atoms with Gasteiger partial charge in [-0.2, -0.15) is 0 Å². The van der Waals surface area contributed by atoms with E-state index in [1.54, 1.807) is 0 Å². The Hall–Kier alpha value is 0.152. The quantitative estimate of drug-likeness (QED) is 0.334. The van der Waals surface area contributed by atoms with Crippen molar-refractivity contribution in [2.45, 2.75) is 71.2 Å². The molecule has 0 fully saturated rings. The summed E-state index contributed by atoms with van der Waals surface area (Å²) in [6, 6.07) is 2.23. The van der Waals surface area contributed by atoms with Crippen molar-refractivity contribution in [2.75, 3.05) is 0 Å². The molecule has 98 valence electrons. The van der Waals surface area contributed by atoms with Crippen LogP contribution in [0.3, 0.4) is 0 Å². The van der Waals surface area contributed by atoms with Gasteiger partial charge in [0.1, 0.15) is 0 Å². The molecule has 0 unspecified atom stereocenters. The Balaban J connectivity index is 4.64. The normalized spacial score (nSPS) is 11.9. The second-order valence-electron chi connectivity index (χ2n) is 5.14. The van der Waals surface area contributed by atoms with Gasteiger partial charge in [0.15, 0.2) is 0 Å². The zero-order valence-corrected chi connectivity index (χ0v) is 15.9. The van der Waals surface area contributed by atoms with E-state index in [1.165, 1.54) is 50.5 Å². The van der Waals surface area contributed by atoms with Crippen LogP contribution in [0.2, 0.25) is 11.9 Å². The van der Waals surface area contributed by atoms with Gasteiger partial charge in [0.25, 0.3) is 0 Å². The zero-order chi connectivity index (χ0) is 13.0. The van der Waals surface area contributed by atoms with Gasteiger partial charge < -0.3 is 0 Å². The number of hydrogen-bond donors (Lipinski definition) is 0. The van der Waals surface area contributed by atoms with E-state index in [-0.39, 0.29) is 0 Å². The van der Waals surface area contributed by atoms with Gasteiger partial charge in [-0.05, 0) is 0 Å². The van der Waals surface area contributed by atoms with Crippen molar-refractivity contribution in [3.05, 3.63) is 9.71 Å². The minimum atomic E-state index is -2.23. The van der Waals surface area contributed by atoms with Crippen LogP contribution in [0.15, 0.2) is 9.71 Å². The molecule has 0 N–H and O–H groups in total. The Morgan fingerprint density at radius 2 is 1.29 bits per heavy atom. The van der Waals surface area contributed by atoms with Gasteiger partial charge in [-0.15, -0.1) is 0 Å². The van der Waals surface area contributed by atoms with E-state index < -0.39 is 21.2 Å². The van der Waals surface area contributed by atoms with Gasteiger partial charge in [0.05, 0.1) is 0 Å². The number of nitrogens with zero attached hydrogens (tertiary/aromatic N) is 1. The predicted octanol–water partition coefficient (Wildman–Crippen LogP) is 5.45. The average molecular weight is 431 g/mol. The van der Waals surface area contributed by atoms with Crippen LogP contribution in [-0.2, 0) is 0 Å². The van der Waals surface area contributed by atoms with Crippen LogP contribution in [0.4, 0.5) is 0 Å². The second kappa shape index (κ2) is 11.3. The van der Waals surface area contributed by atoms with Crippen LogP contribution >= 0.6 is 0 Å². The van der Waals surface area contributed by atoms with Crippen molar-refractivity contribution in [2.24, 2.45) is 0 Å². The Morgan fingerprint density at radius 1 is 0.882 bits per heavy atom. The minimum absolute atomic E-state index is 1.31. The molecule has 0 aliphatic carbocycles. The Labute approximate surface area is 113 Å².